The van der Waals surface area contributed by atoms with Gasteiger partial charge in [0.25, 0.3) is 5.92 Å². The SMILES string of the molecule is Cc1cc(C2(N)CC2(F)F)c(C)s1. The fourth-order valence-electron chi connectivity index (χ4n) is 1.67. The van der Waals surface area contributed by atoms with Crippen LogP contribution in [0.5, 0.6) is 0 Å². The van der Waals surface area contributed by atoms with Gasteiger partial charge >= 0.3 is 0 Å². The Morgan fingerprint density at radius 2 is 2.00 bits per heavy atom. The van der Waals surface area contributed by atoms with Crippen LogP contribution in [0.1, 0.15) is 21.7 Å². The second-order valence-corrected chi connectivity index (χ2v) is 5.14. The van der Waals surface area contributed by atoms with Gasteiger partial charge in [-0.3, -0.25) is 0 Å². The van der Waals surface area contributed by atoms with Crippen LogP contribution >= 0.6 is 11.3 Å². The van der Waals surface area contributed by atoms with Crippen molar-refractivity contribution in [3.63, 3.8) is 0 Å². The Kier molecular flexibility index (Phi) is 1.61. The molecule has 1 fully saturated rings. The Hall–Kier alpha value is -0.480. The molecular weight excluding hydrogens is 192 g/mol. The summed E-state index contributed by atoms with van der Waals surface area (Å²) in [5, 5.41) is 0. The van der Waals surface area contributed by atoms with Crippen LogP contribution in [0.3, 0.4) is 0 Å². The highest BCUT2D eigenvalue weighted by atomic mass is 32.1. The van der Waals surface area contributed by atoms with E-state index in [2.05, 4.69) is 0 Å². The Morgan fingerprint density at radius 3 is 2.31 bits per heavy atom. The molecule has 4 heteroatoms. The van der Waals surface area contributed by atoms with Crippen LogP contribution in [0, 0.1) is 13.8 Å². The van der Waals surface area contributed by atoms with Gasteiger partial charge in [0, 0.05) is 16.2 Å². The molecule has 1 aliphatic rings. The number of hydrogen-bond acceptors (Lipinski definition) is 2. The predicted octanol–water partition coefficient (Wildman–Crippen LogP) is 2.56. The molecule has 0 saturated heterocycles. The van der Waals surface area contributed by atoms with Gasteiger partial charge in [0.1, 0.15) is 5.54 Å². The number of nitrogens with two attached hydrogens (primary N) is 1. The van der Waals surface area contributed by atoms with Crippen molar-refractivity contribution in [2.75, 3.05) is 0 Å². The molecule has 1 nitrogen and oxygen atoms in total. The van der Waals surface area contributed by atoms with E-state index in [1.54, 1.807) is 6.07 Å². The van der Waals surface area contributed by atoms with Crippen molar-refractivity contribution in [2.45, 2.75) is 31.7 Å². The summed E-state index contributed by atoms with van der Waals surface area (Å²) in [6, 6.07) is 1.78. The van der Waals surface area contributed by atoms with Gasteiger partial charge in [-0.1, -0.05) is 0 Å². The molecule has 0 spiro atoms. The van der Waals surface area contributed by atoms with E-state index in [1.165, 1.54) is 11.3 Å². The molecule has 0 aromatic carbocycles. The molecule has 1 aliphatic carbocycles. The highest BCUT2D eigenvalue weighted by molar-refractivity contribution is 7.12. The molecule has 1 atom stereocenters. The van der Waals surface area contributed by atoms with E-state index in [4.69, 9.17) is 5.73 Å². The third kappa shape index (κ3) is 1.12. The van der Waals surface area contributed by atoms with Crippen molar-refractivity contribution in [3.05, 3.63) is 21.4 Å². The van der Waals surface area contributed by atoms with Crippen LogP contribution in [0.4, 0.5) is 8.78 Å². The van der Waals surface area contributed by atoms with Crippen molar-refractivity contribution in [1.29, 1.82) is 0 Å². The van der Waals surface area contributed by atoms with Crippen LogP contribution in [0.15, 0.2) is 6.07 Å². The van der Waals surface area contributed by atoms with E-state index in [-0.39, 0.29) is 6.42 Å². The van der Waals surface area contributed by atoms with Crippen molar-refractivity contribution in [2.24, 2.45) is 5.73 Å². The first-order valence-corrected chi connectivity index (χ1v) is 4.93. The summed E-state index contributed by atoms with van der Waals surface area (Å²) in [6.07, 6.45) is -0.211. The highest BCUT2D eigenvalue weighted by Gasteiger charge is 2.70. The third-order valence-electron chi connectivity index (χ3n) is 2.55. The second kappa shape index (κ2) is 2.30. The quantitative estimate of drug-likeness (QED) is 0.745. The van der Waals surface area contributed by atoms with E-state index in [0.29, 0.717) is 5.56 Å². The molecule has 0 amide bonds. The maximum absolute atomic E-state index is 12.9. The molecule has 1 unspecified atom stereocenters. The third-order valence-corrected chi connectivity index (χ3v) is 3.52. The molecule has 0 aliphatic heterocycles. The minimum Gasteiger partial charge on any atom is -0.316 e. The largest absolute Gasteiger partial charge is 0.316 e. The van der Waals surface area contributed by atoms with Gasteiger partial charge in [-0.25, -0.2) is 8.78 Å². The first-order chi connectivity index (χ1) is 5.87. The van der Waals surface area contributed by atoms with Gasteiger partial charge in [0.05, 0.1) is 0 Å². The highest BCUT2D eigenvalue weighted by Crippen LogP contribution is 2.58. The molecular formula is C9H11F2NS. The summed E-state index contributed by atoms with van der Waals surface area (Å²) in [7, 11) is 0. The Labute approximate surface area is 79.6 Å². The van der Waals surface area contributed by atoms with Gasteiger partial charge in [0.2, 0.25) is 0 Å². The number of thiophene rings is 1. The van der Waals surface area contributed by atoms with Gasteiger partial charge in [-0.05, 0) is 25.5 Å². The van der Waals surface area contributed by atoms with E-state index in [1.807, 2.05) is 13.8 Å². The van der Waals surface area contributed by atoms with E-state index in [9.17, 15) is 8.78 Å². The summed E-state index contributed by atoms with van der Waals surface area (Å²) < 4.78 is 25.9. The number of aryl methyl sites for hydroxylation is 2. The molecule has 2 N–H and O–H groups in total. The molecule has 0 bridgehead atoms. The zero-order chi connectivity index (χ0) is 9.85. The lowest BCUT2D eigenvalue weighted by Gasteiger charge is -2.09. The van der Waals surface area contributed by atoms with Crippen LogP contribution in [0.25, 0.3) is 0 Å². The lowest BCUT2D eigenvalue weighted by Crippen LogP contribution is -2.27. The number of rotatable bonds is 1. The predicted molar refractivity (Wildman–Crippen MR) is 49.2 cm³/mol. The molecule has 0 radical (unpaired) electrons. The first-order valence-electron chi connectivity index (χ1n) is 4.11. The number of hydrogen-bond donors (Lipinski definition) is 1. The Morgan fingerprint density at radius 1 is 1.46 bits per heavy atom. The average Bonchev–Trinajstić information content (AvgIpc) is 2.34. The molecule has 72 valence electrons. The molecule has 13 heavy (non-hydrogen) atoms. The molecule has 1 aromatic heterocycles. The van der Waals surface area contributed by atoms with Gasteiger partial charge in [-0.15, -0.1) is 11.3 Å². The summed E-state index contributed by atoms with van der Waals surface area (Å²) >= 11 is 1.52. The van der Waals surface area contributed by atoms with Crippen molar-refractivity contribution < 1.29 is 8.78 Å². The fourth-order valence-corrected chi connectivity index (χ4v) is 2.68. The van der Waals surface area contributed by atoms with Crippen LogP contribution in [-0.2, 0) is 5.54 Å². The monoisotopic (exact) mass is 203 g/mol. The van der Waals surface area contributed by atoms with E-state index >= 15 is 0 Å². The van der Waals surface area contributed by atoms with E-state index < -0.39 is 11.5 Å². The number of halogens is 2. The van der Waals surface area contributed by atoms with Crippen LogP contribution in [-0.4, -0.2) is 5.92 Å². The Bertz CT molecular complexity index is 358. The van der Waals surface area contributed by atoms with Crippen LogP contribution < -0.4 is 5.73 Å². The van der Waals surface area contributed by atoms with E-state index in [0.717, 1.165) is 9.75 Å². The van der Waals surface area contributed by atoms with Gasteiger partial charge in [0.15, 0.2) is 0 Å². The zero-order valence-corrected chi connectivity index (χ0v) is 8.34. The molecule has 2 rings (SSSR count). The molecule has 1 aromatic rings. The minimum absolute atomic E-state index is 0.211. The average molecular weight is 203 g/mol. The lowest BCUT2D eigenvalue weighted by molar-refractivity contribution is 0.0891. The maximum atomic E-state index is 12.9. The summed E-state index contributed by atoms with van der Waals surface area (Å²) in [5.41, 5.74) is 4.87. The topological polar surface area (TPSA) is 26.0 Å². The second-order valence-electron chi connectivity index (χ2n) is 3.68. The first kappa shape index (κ1) is 9.09. The molecule has 1 saturated carbocycles. The van der Waals surface area contributed by atoms with Gasteiger partial charge < -0.3 is 5.73 Å². The lowest BCUT2D eigenvalue weighted by atomic mass is 10.1. The zero-order valence-electron chi connectivity index (χ0n) is 7.53. The molecule has 1 heterocycles. The minimum atomic E-state index is -2.70. The Balaban J connectivity index is 2.43. The van der Waals surface area contributed by atoms with Crippen LogP contribution in [0.2, 0.25) is 0 Å². The smallest absolute Gasteiger partial charge is 0.272 e. The van der Waals surface area contributed by atoms with Crippen molar-refractivity contribution >= 4 is 11.3 Å². The fraction of sp³-hybridized carbons (Fsp3) is 0.556. The van der Waals surface area contributed by atoms with Crippen molar-refractivity contribution in [3.8, 4) is 0 Å². The summed E-state index contributed by atoms with van der Waals surface area (Å²) in [5.74, 6) is -2.70. The van der Waals surface area contributed by atoms with Crippen molar-refractivity contribution in [1.82, 2.24) is 0 Å². The van der Waals surface area contributed by atoms with Gasteiger partial charge in [-0.2, -0.15) is 0 Å². The number of alkyl halides is 2. The maximum Gasteiger partial charge on any atom is 0.272 e. The normalized spacial score (nSPS) is 30.5. The standard InChI is InChI=1S/C9H11F2NS/c1-5-3-7(6(2)13-5)8(12)4-9(8,10)11/h3H,4,12H2,1-2H3. The summed E-state index contributed by atoms with van der Waals surface area (Å²) in [4.78, 5) is 1.96. The summed E-state index contributed by atoms with van der Waals surface area (Å²) in [6.45, 7) is 3.75.